The van der Waals surface area contributed by atoms with E-state index in [4.69, 9.17) is 9.47 Å². The van der Waals surface area contributed by atoms with Crippen molar-refractivity contribution >= 4 is 11.1 Å². The second-order valence-corrected chi connectivity index (χ2v) is 9.08. The summed E-state index contributed by atoms with van der Waals surface area (Å²) < 4.78 is 38.8. The van der Waals surface area contributed by atoms with Crippen molar-refractivity contribution in [1.82, 2.24) is 4.90 Å². The smallest absolute Gasteiger partial charge is 0.168 e. The van der Waals surface area contributed by atoms with E-state index in [1.165, 1.54) is 12.1 Å². The molecule has 3 aromatic carbocycles. The van der Waals surface area contributed by atoms with E-state index in [0.717, 1.165) is 41.9 Å². The Bertz CT molecular complexity index is 1250. The lowest BCUT2D eigenvalue weighted by Gasteiger charge is -2.37. The largest absolute Gasteiger partial charge is 0.508 e. The Morgan fingerprint density at radius 2 is 1.83 bits per heavy atom. The lowest BCUT2D eigenvalue weighted by Crippen LogP contribution is -2.49. The SMILES string of the molecule is CC1=C(c2cccc(O)c2)C(c2ccc(OCCN3CC(CF)C3)cc2)Oc2cc(F)c(O)cc21. The molecule has 7 heteroatoms. The van der Waals surface area contributed by atoms with Gasteiger partial charge in [-0.25, -0.2) is 4.39 Å². The summed E-state index contributed by atoms with van der Waals surface area (Å²) in [6.45, 7) is 4.46. The molecule has 182 valence electrons. The zero-order valence-corrected chi connectivity index (χ0v) is 19.4. The van der Waals surface area contributed by atoms with Gasteiger partial charge in [-0.2, -0.15) is 0 Å². The maximum Gasteiger partial charge on any atom is 0.168 e. The average molecular weight is 480 g/mol. The number of hydrogen-bond acceptors (Lipinski definition) is 5. The van der Waals surface area contributed by atoms with Gasteiger partial charge >= 0.3 is 0 Å². The predicted molar refractivity (Wildman–Crippen MR) is 130 cm³/mol. The molecule has 1 unspecified atom stereocenters. The highest BCUT2D eigenvalue weighted by Gasteiger charge is 2.31. The number of halogens is 2. The van der Waals surface area contributed by atoms with E-state index in [0.29, 0.717) is 23.7 Å². The van der Waals surface area contributed by atoms with E-state index in [1.54, 1.807) is 18.2 Å². The van der Waals surface area contributed by atoms with Crippen LogP contribution in [0.4, 0.5) is 8.78 Å². The van der Waals surface area contributed by atoms with Crippen molar-refractivity contribution in [3.8, 4) is 23.0 Å². The van der Waals surface area contributed by atoms with Crippen LogP contribution in [0.3, 0.4) is 0 Å². The van der Waals surface area contributed by atoms with Crippen molar-refractivity contribution in [2.75, 3.05) is 32.9 Å². The number of likely N-dealkylation sites (tertiary alicyclic amines) is 1. The number of nitrogens with zero attached hydrogens (tertiary/aromatic N) is 1. The number of aromatic hydroxyl groups is 2. The first-order valence-electron chi connectivity index (χ1n) is 11.6. The lowest BCUT2D eigenvalue weighted by molar-refractivity contribution is 0.0668. The number of hydrogen-bond donors (Lipinski definition) is 2. The molecule has 2 N–H and O–H groups in total. The third kappa shape index (κ3) is 4.68. The van der Waals surface area contributed by atoms with Crippen LogP contribution in [0, 0.1) is 11.7 Å². The van der Waals surface area contributed by atoms with E-state index in [1.807, 2.05) is 37.3 Å². The van der Waals surface area contributed by atoms with Gasteiger partial charge in [-0.3, -0.25) is 9.29 Å². The van der Waals surface area contributed by atoms with Gasteiger partial charge in [0, 0.05) is 42.8 Å². The Balaban J connectivity index is 1.40. The number of benzene rings is 3. The summed E-state index contributed by atoms with van der Waals surface area (Å²) >= 11 is 0. The van der Waals surface area contributed by atoms with Gasteiger partial charge in [0.05, 0.1) is 6.67 Å². The fraction of sp³-hybridized carbons (Fsp3) is 0.286. The van der Waals surface area contributed by atoms with Gasteiger partial charge in [0.15, 0.2) is 11.6 Å². The van der Waals surface area contributed by atoms with Crippen molar-refractivity contribution < 1.29 is 28.5 Å². The second-order valence-electron chi connectivity index (χ2n) is 9.08. The van der Waals surface area contributed by atoms with Crippen LogP contribution in [-0.4, -0.2) is 48.0 Å². The molecular formula is C28H27F2NO4. The van der Waals surface area contributed by atoms with Crippen LogP contribution < -0.4 is 9.47 Å². The van der Waals surface area contributed by atoms with Crippen LogP contribution in [0.5, 0.6) is 23.0 Å². The van der Waals surface area contributed by atoms with Gasteiger partial charge in [-0.15, -0.1) is 0 Å². The van der Waals surface area contributed by atoms with E-state index in [2.05, 4.69) is 4.90 Å². The standard InChI is InChI=1S/C28H27F2NO4/c1-17-23-12-25(33)24(30)13-26(23)35-28(27(17)20-3-2-4-21(32)11-20)19-5-7-22(8-6-19)34-10-9-31-15-18(14-29)16-31/h2-8,11-13,18,28,32-33H,9-10,14-16H2,1H3. The predicted octanol–water partition coefficient (Wildman–Crippen LogP) is 5.58. The van der Waals surface area contributed by atoms with E-state index in [9.17, 15) is 19.0 Å². The number of alkyl halides is 1. The Kier molecular flexibility index (Phi) is 6.34. The molecule has 0 aromatic heterocycles. The third-order valence-electron chi connectivity index (χ3n) is 6.63. The first-order valence-corrected chi connectivity index (χ1v) is 11.6. The molecule has 0 bridgehead atoms. The molecule has 5 rings (SSSR count). The highest BCUT2D eigenvalue weighted by molar-refractivity contribution is 5.95. The highest BCUT2D eigenvalue weighted by Crippen LogP contribution is 2.48. The molecular weight excluding hydrogens is 452 g/mol. The number of ether oxygens (including phenoxy) is 2. The van der Waals surface area contributed by atoms with Gasteiger partial charge in [-0.1, -0.05) is 24.3 Å². The van der Waals surface area contributed by atoms with Crippen molar-refractivity contribution in [3.63, 3.8) is 0 Å². The Hall–Kier alpha value is -3.58. The summed E-state index contributed by atoms with van der Waals surface area (Å²) in [5, 5.41) is 20.0. The molecule has 0 amide bonds. The molecule has 35 heavy (non-hydrogen) atoms. The number of phenols is 2. The minimum atomic E-state index is -0.750. The zero-order chi connectivity index (χ0) is 24.5. The van der Waals surface area contributed by atoms with Crippen molar-refractivity contribution in [3.05, 3.63) is 83.2 Å². The Morgan fingerprint density at radius 3 is 2.54 bits per heavy atom. The normalized spacial score (nSPS) is 18.1. The summed E-state index contributed by atoms with van der Waals surface area (Å²) in [6.07, 6.45) is -0.555. The third-order valence-corrected chi connectivity index (χ3v) is 6.63. The minimum absolute atomic E-state index is 0.123. The summed E-state index contributed by atoms with van der Waals surface area (Å²) in [7, 11) is 0. The molecule has 0 spiro atoms. The van der Waals surface area contributed by atoms with Crippen LogP contribution in [0.1, 0.15) is 29.7 Å². The fourth-order valence-corrected chi connectivity index (χ4v) is 4.73. The number of rotatable bonds is 7. The van der Waals surface area contributed by atoms with Gasteiger partial charge in [0.25, 0.3) is 0 Å². The Morgan fingerprint density at radius 1 is 1.06 bits per heavy atom. The highest BCUT2D eigenvalue weighted by atomic mass is 19.1. The number of allylic oxidation sites excluding steroid dienone is 1. The minimum Gasteiger partial charge on any atom is -0.508 e. The molecule has 1 saturated heterocycles. The number of phenolic OH excluding ortho intramolecular Hbond substituents is 2. The molecule has 2 heterocycles. The summed E-state index contributed by atoms with van der Waals surface area (Å²) in [6, 6.07) is 17.0. The van der Waals surface area contributed by atoms with Crippen molar-refractivity contribution in [1.29, 1.82) is 0 Å². The average Bonchev–Trinajstić information content (AvgIpc) is 2.82. The molecule has 0 aliphatic carbocycles. The van der Waals surface area contributed by atoms with Crippen LogP contribution in [0.2, 0.25) is 0 Å². The molecule has 1 fully saturated rings. The van der Waals surface area contributed by atoms with Gasteiger partial charge < -0.3 is 19.7 Å². The summed E-state index contributed by atoms with van der Waals surface area (Å²) in [5.74, 6) is 0.138. The van der Waals surface area contributed by atoms with E-state index in [-0.39, 0.29) is 18.3 Å². The van der Waals surface area contributed by atoms with Gasteiger partial charge in [0.1, 0.15) is 30.0 Å². The summed E-state index contributed by atoms with van der Waals surface area (Å²) in [5.41, 5.74) is 3.83. The monoisotopic (exact) mass is 479 g/mol. The van der Waals surface area contributed by atoms with Crippen LogP contribution in [-0.2, 0) is 0 Å². The fourth-order valence-electron chi connectivity index (χ4n) is 4.73. The number of fused-ring (bicyclic) bond motifs is 1. The van der Waals surface area contributed by atoms with E-state index >= 15 is 0 Å². The quantitative estimate of drug-likeness (QED) is 0.463. The van der Waals surface area contributed by atoms with E-state index < -0.39 is 17.7 Å². The van der Waals surface area contributed by atoms with Crippen LogP contribution in [0.25, 0.3) is 11.1 Å². The molecule has 2 aliphatic rings. The maximum atomic E-state index is 14.1. The maximum absolute atomic E-state index is 14.1. The van der Waals surface area contributed by atoms with Crippen LogP contribution in [0.15, 0.2) is 60.7 Å². The molecule has 5 nitrogen and oxygen atoms in total. The topological polar surface area (TPSA) is 62.2 Å². The molecule has 2 aliphatic heterocycles. The van der Waals surface area contributed by atoms with Gasteiger partial charge in [0.2, 0.25) is 0 Å². The Labute approximate surface area is 202 Å². The van der Waals surface area contributed by atoms with Crippen LogP contribution >= 0.6 is 0 Å². The van der Waals surface area contributed by atoms with Gasteiger partial charge in [-0.05, 0) is 54.0 Å². The first-order chi connectivity index (χ1) is 16.9. The van der Waals surface area contributed by atoms with Crippen molar-refractivity contribution in [2.45, 2.75) is 13.0 Å². The lowest BCUT2D eigenvalue weighted by atomic mass is 9.86. The zero-order valence-electron chi connectivity index (χ0n) is 19.4. The second kappa shape index (κ2) is 9.58. The molecule has 1 atom stereocenters. The molecule has 0 saturated carbocycles. The van der Waals surface area contributed by atoms with Crippen molar-refractivity contribution in [2.24, 2.45) is 5.92 Å². The first kappa shape index (κ1) is 23.2. The molecule has 0 radical (unpaired) electrons. The molecule has 3 aromatic rings. The summed E-state index contributed by atoms with van der Waals surface area (Å²) in [4.78, 5) is 2.16.